The number of rotatable bonds is 3. The minimum atomic E-state index is 0.198. The minimum absolute atomic E-state index is 0.198. The summed E-state index contributed by atoms with van der Waals surface area (Å²) in [6.45, 7) is 4.10. The van der Waals surface area contributed by atoms with Crippen LogP contribution in [-0.2, 0) is 0 Å². The highest BCUT2D eigenvalue weighted by Crippen LogP contribution is 2.39. The predicted octanol–water partition coefficient (Wildman–Crippen LogP) is 5.53. The van der Waals surface area contributed by atoms with E-state index in [0.29, 0.717) is 11.4 Å². The Labute approximate surface area is 153 Å². The first kappa shape index (κ1) is 16.2. The summed E-state index contributed by atoms with van der Waals surface area (Å²) in [6, 6.07) is 26.0. The van der Waals surface area contributed by atoms with Gasteiger partial charge in [-0.1, -0.05) is 78.4 Å². The van der Waals surface area contributed by atoms with E-state index in [1.807, 2.05) is 97.4 Å². The lowest BCUT2D eigenvalue weighted by molar-refractivity contribution is 0.479. The largest absolute Gasteiger partial charge is 0.504 e. The van der Waals surface area contributed by atoms with Gasteiger partial charge in [-0.2, -0.15) is 5.10 Å². The molecular weight excluding hydrogens is 320 g/mol. The molecule has 0 radical (unpaired) electrons. The van der Waals surface area contributed by atoms with Crippen LogP contribution in [0.3, 0.4) is 0 Å². The van der Waals surface area contributed by atoms with Crippen LogP contribution in [0.15, 0.2) is 78.9 Å². The standard InChI is InChI=1S/C23H20N2O/c1-16-12-14-18(15-13-16)21-23(26)22(19-9-4-3-5-10-19)25(24-21)20-11-7-6-8-17(20)2/h3-15,26H,1-2H3. The third kappa shape index (κ3) is 2.78. The highest BCUT2D eigenvalue weighted by atomic mass is 16.3. The molecule has 0 bridgehead atoms. The highest BCUT2D eigenvalue weighted by molar-refractivity contribution is 5.79. The minimum Gasteiger partial charge on any atom is -0.504 e. The molecule has 0 unspecified atom stereocenters. The number of aromatic nitrogens is 2. The van der Waals surface area contributed by atoms with Crippen molar-refractivity contribution >= 4 is 0 Å². The summed E-state index contributed by atoms with van der Waals surface area (Å²) in [7, 11) is 0. The van der Waals surface area contributed by atoms with E-state index in [9.17, 15) is 5.11 Å². The van der Waals surface area contributed by atoms with E-state index < -0.39 is 0 Å². The second-order valence-electron chi connectivity index (χ2n) is 6.48. The van der Waals surface area contributed by atoms with Gasteiger partial charge in [-0.05, 0) is 25.5 Å². The lowest BCUT2D eigenvalue weighted by atomic mass is 10.1. The summed E-state index contributed by atoms with van der Waals surface area (Å²) in [6.07, 6.45) is 0. The molecule has 0 saturated carbocycles. The summed E-state index contributed by atoms with van der Waals surface area (Å²) < 4.78 is 1.84. The molecule has 0 saturated heterocycles. The number of nitrogens with zero attached hydrogens (tertiary/aromatic N) is 2. The normalized spacial score (nSPS) is 10.8. The van der Waals surface area contributed by atoms with Gasteiger partial charge in [0.15, 0.2) is 5.75 Å². The fraction of sp³-hybridized carbons (Fsp3) is 0.0870. The number of hydrogen-bond donors (Lipinski definition) is 1. The summed E-state index contributed by atoms with van der Waals surface area (Å²) in [5.74, 6) is 0.198. The van der Waals surface area contributed by atoms with E-state index in [0.717, 1.165) is 22.4 Å². The first-order valence-electron chi connectivity index (χ1n) is 8.65. The van der Waals surface area contributed by atoms with Crippen molar-refractivity contribution in [1.82, 2.24) is 9.78 Å². The molecule has 0 amide bonds. The SMILES string of the molecule is Cc1ccc(-c2nn(-c3ccccc3C)c(-c3ccccc3)c2O)cc1. The lowest BCUT2D eigenvalue weighted by Gasteiger charge is -2.10. The van der Waals surface area contributed by atoms with Crippen molar-refractivity contribution in [3.05, 3.63) is 90.0 Å². The van der Waals surface area contributed by atoms with Gasteiger partial charge in [0.25, 0.3) is 0 Å². The molecule has 3 heteroatoms. The van der Waals surface area contributed by atoms with Gasteiger partial charge in [0.05, 0.1) is 5.69 Å². The van der Waals surface area contributed by atoms with Crippen molar-refractivity contribution in [3.8, 4) is 34.0 Å². The van der Waals surface area contributed by atoms with Crippen molar-refractivity contribution in [2.45, 2.75) is 13.8 Å². The Morgan fingerprint density at radius 1 is 0.731 bits per heavy atom. The fourth-order valence-electron chi connectivity index (χ4n) is 3.15. The number of benzene rings is 3. The topological polar surface area (TPSA) is 38.0 Å². The van der Waals surface area contributed by atoms with E-state index in [4.69, 9.17) is 5.10 Å². The van der Waals surface area contributed by atoms with E-state index in [2.05, 4.69) is 0 Å². The van der Waals surface area contributed by atoms with Crippen LogP contribution >= 0.6 is 0 Å². The molecule has 0 fully saturated rings. The van der Waals surface area contributed by atoms with Gasteiger partial charge in [0, 0.05) is 11.1 Å². The molecule has 0 aliphatic heterocycles. The number of aromatic hydroxyl groups is 1. The quantitative estimate of drug-likeness (QED) is 0.532. The van der Waals surface area contributed by atoms with Gasteiger partial charge in [-0.15, -0.1) is 0 Å². The smallest absolute Gasteiger partial charge is 0.170 e. The van der Waals surface area contributed by atoms with Gasteiger partial charge in [0.2, 0.25) is 0 Å². The molecule has 1 heterocycles. The van der Waals surface area contributed by atoms with Crippen molar-refractivity contribution < 1.29 is 5.11 Å². The summed E-state index contributed by atoms with van der Waals surface area (Å²) >= 11 is 0. The number of aryl methyl sites for hydroxylation is 2. The average Bonchev–Trinajstić information content (AvgIpc) is 3.00. The van der Waals surface area contributed by atoms with Crippen LogP contribution in [0, 0.1) is 13.8 Å². The molecule has 3 aromatic carbocycles. The zero-order chi connectivity index (χ0) is 18.1. The van der Waals surface area contributed by atoms with Crippen LogP contribution in [0.4, 0.5) is 0 Å². The Bertz CT molecular complexity index is 1050. The van der Waals surface area contributed by atoms with Crippen LogP contribution in [0.2, 0.25) is 0 Å². The van der Waals surface area contributed by atoms with Crippen LogP contribution in [0.1, 0.15) is 11.1 Å². The Morgan fingerprint density at radius 3 is 2.08 bits per heavy atom. The van der Waals surface area contributed by atoms with Gasteiger partial charge in [-0.3, -0.25) is 0 Å². The number of para-hydroxylation sites is 1. The zero-order valence-corrected chi connectivity index (χ0v) is 14.8. The lowest BCUT2D eigenvalue weighted by Crippen LogP contribution is -2.01. The van der Waals surface area contributed by atoms with Crippen molar-refractivity contribution in [2.24, 2.45) is 0 Å². The van der Waals surface area contributed by atoms with Crippen LogP contribution in [0.5, 0.6) is 5.75 Å². The number of hydrogen-bond acceptors (Lipinski definition) is 2. The zero-order valence-electron chi connectivity index (χ0n) is 14.8. The van der Waals surface area contributed by atoms with Gasteiger partial charge in [-0.25, -0.2) is 4.68 Å². The summed E-state index contributed by atoms with van der Waals surface area (Å²) in [5.41, 5.74) is 6.36. The van der Waals surface area contributed by atoms with Gasteiger partial charge in [0.1, 0.15) is 11.4 Å². The van der Waals surface area contributed by atoms with Crippen LogP contribution in [-0.4, -0.2) is 14.9 Å². The maximum Gasteiger partial charge on any atom is 0.170 e. The first-order chi connectivity index (χ1) is 12.6. The molecule has 0 spiro atoms. The molecular formula is C23H20N2O. The summed E-state index contributed by atoms with van der Waals surface area (Å²) in [5, 5.41) is 15.8. The molecule has 1 aromatic heterocycles. The molecule has 0 aliphatic rings. The monoisotopic (exact) mass is 340 g/mol. The third-order valence-corrected chi connectivity index (χ3v) is 4.58. The molecule has 0 aliphatic carbocycles. The Balaban J connectivity index is 1.99. The van der Waals surface area contributed by atoms with Gasteiger partial charge < -0.3 is 5.11 Å². The molecule has 128 valence electrons. The Kier molecular flexibility index (Phi) is 4.05. The fourth-order valence-corrected chi connectivity index (χ4v) is 3.15. The second kappa shape index (κ2) is 6.52. The highest BCUT2D eigenvalue weighted by Gasteiger charge is 2.21. The Morgan fingerprint density at radius 2 is 1.38 bits per heavy atom. The molecule has 4 aromatic rings. The molecule has 1 N–H and O–H groups in total. The maximum absolute atomic E-state index is 11.1. The second-order valence-corrected chi connectivity index (χ2v) is 6.48. The van der Waals surface area contributed by atoms with Crippen molar-refractivity contribution in [1.29, 1.82) is 0 Å². The van der Waals surface area contributed by atoms with Crippen LogP contribution < -0.4 is 0 Å². The van der Waals surface area contributed by atoms with E-state index in [1.165, 1.54) is 5.56 Å². The predicted molar refractivity (Wildman–Crippen MR) is 106 cm³/mol. The Hall–Kier alpha value is -3.33. The van der Waals surface area contributed by atoms with E-state index >= 15 is 0 Å². The van der Waals surface area contributed by atoms with E-state index in [1.54, 1.807) is 0 Å². The molecule has 4 rings (SSSR count). The van der Waals surface area contributed by atoms with Crippen molar-refractivity contribution in [2.75, 3.05) is 0 Å². The maximum atomic E-state index is 11.1. The first-order valence-corrected chi connectivity index (χ1v) is 8.65. The van der Waals surface area contributed by atoms with Gasteiger partial charge >= 0.3 is 0 Å². The molecule has 0 atom stereocenters. The van der Waals surface area contributed by atoms with Crippen molar-refractivity contribution in [3.63, 3.8) is 0 Å². The third-order valence-electron chi connectivity index (χ3n) is 4.58. The molecule has 26 heavy (non-hydrogen) atoms. The van der Waals surface area contributed by atoms with Crippen LogP contribution in [0.25, 0.3) is 28.2 Å². The average molecular weight is 340 g/mol. The van der Waals surface area contributed by atoms with E-state index in [-0.39, 0.29) is 5.75 Å². The summed E-state index contributed by atoms with van der Waals surface area (Å²) in [4.78, 5) is 0. The molecule has 3 nitrogen and oxygen atoms in total.